The second kappa shape index (κ2) is 6.34. The number of benzene rings is 1. The molecule has 0 aromatic heterocycles. The highest BCUT2D eigenvalue weighted by Gasteiger charge is 2.34. The summed E-state index contributed by atoms with van der Waals surface area (Å²) in [5, 5.41) is 0. The maximum Gasteiger partial charge on any atom is 0.410 e. The number of carbonyl (C=O) groups excluding carboxylic acids is 1. The fourth-order valence-corrected chi connectivity index (χ4v) is 2.17. The molecule has 6 nitrogen and oxygen atoms in total. The smallest absolute Gasteiger partial charge is 0.410 e. The van der Waals surface area contributed by atoms with Crippen LogP contribution in [0.15, 0.2) is 18.2 Å². The lowest BCUT2D eigenvalue weighted by Crippen LogP contribution is -2.53. The lowest BCUT2D eigenvalue weighted by molar-refractivity contribution is -0.00781. The second-order valence-electron chi connectivity index (χ2n) is 6.47. The molecule has 1 aromatic carbocycles. The molecule has 0 radical (unpaired) electrons. The summed E-state index contributed by atoms with van der Waals surface area (Å²) >= 11 is 0. The van der Waals surface area contributed by atoms with E-state index in [0.29, 0.717) is 42.8 Å². The monoisotopic (exact) mass is 308 g/mol. The highest BCUT2D eigenvalue weighted by Crippen LogP contribution is 2.27. The molecule has 6 heteroatoms. The van der Waals surface area contributed by atoms with Crippen molar-refractivity contribution in [3.63, 3.8) is 0 Å². The van der Waals surface area contributed by atoms with Gasteiger partial charge < -0.3 is 24.8 Å². The van der Waals surface area contributed by atoms with Gasteiger partial charge in [0.2, 0.25) is 0 Å². The summed E-state index contributed by atoms with van der Waals surface area (Å²) < 4.78 is 16.1. The minimum Gasteiger partial charge on any atom is -0.495 e. The van der Waals surface area contributed by atoms with Crippen LogP contribution < -0.4 is 15.2 Å². The van der Waals surface area contributed by atoms with E-state index in [9.17, 15) is 4.79 Å². The van der Waals surface area contributed by atoms with Crippen molar-refractivity contribution in [1.82, 2.24) is 4.90 Å². The van der Waals surface area contributed by atoms with Crippen molar-refractivity contribution >= 4 is 11.8 Å². The van der Waals surface area contributed by atoms with Crippen molar-refractivity contribution in [2.45, 2.75) is 26.4 Å². The predicted molar refractivity (Wildman–Crippen MR) is 84.2 cm³/mol. The van der Waals surface area contributed by atoms with Crippen molar-refractivity contribution < 1.29 is 19.0 Å². The number of anilines is 1. The Morgan fingerprint density at radius 1 is 1.36 bits per heavy atom. The van der Waals surface area contributed by atoms with Gasteiger partial charge in [-0.25, -0.2) is 4.79 Å². The molecule has 0 spiro atoms. The van der Waals surface area contributed by atoms with Crippen molar-refractivity contribution in [1.29, 1.82) is 0 Å². The SMILES string of the molecule is COc1ccc(OCC2CN(C(=O)OC(C)(C)C)C2)cc1N. The quantitative estimate of drug-likeness (QED) is 0.865. The van der Waals surface area contributed by atoms with Gasteiger partial charge in [-0.3, -0.25) is 0 Å². The maximum atomic E-state index is 11.8. The number of likely N-dealkylation sites (tertiary alicyclic amines) is 1. The Labute approximate surface area is 131 Å². The van der Waals surface area contributed by atoms with Gasteiger partial charge in [-0.2, -0.15) is 0 Å². The Morgan fingerprint density at radius 3 is 2.59 bits per heavy atom. The van der Waals surface area contributed by atoms with Crippen LogP contribution in [-0.4, -0.2) is 43.4 Å². The molecule has 1 aromatic rings. The molecular formula is C16H24N2O4. The van der Waals surface area contributed by atoms with Crippen LogP contribution in [0.2, 0.25) is 0 Å². The molecule has 122 valence electrons. The number of nitrogens with zero attached hydrogens (tertiary/aromatic N) is 1. The normalized spacial score (nSPS) is 15.2. The molecule has 0 saturated carbocycles. The molecule has 22 heavy (non-hydrogen) atoms. The van der Waals surface area contributed by atoms with Crippen LogP contribution in [-0.2, 0) is 4.74 Å². The Hall–Kier alpha value is -2.11. The van der Waals surface area contributed by atoms with E-state index in [4.69, 9.17) is 19.9 Å². The molecule has 2 N–H and O–H groups in total. The van der Waals surface area contributed by atoms with Crippen LogP contribution in [0.25, 0.3) is 0 Å². The molecular weight excluding hydrogens is 284 g/mol. The third kappa shape index (κ3) is 4.19. The number of methoxy groups -OCH3 is 1. The number of rotatable bonds is 4. The van der Waals surface area contributed by atoms with E-state index in [1.54, 1.807) is 24.1 Å². The molecule has 1 aliphatic heterocycles. The van der Waals surface area contributed by atoms with E-state index >= 15 is 0 Å². The summed E-state index contributed by atoms with van der Waals surface area (Å²) in [6.45, 7) is 7.43. The number of hydrogen-bond donors (Lipinski definition) is 1. The van der Waals surface area contributed by atoms with Gasteiger partial charge >= 0.3 is 6.09 Å². The minimum absolute atomic E-state index is 0.266. The van der Waals surface area contributed by atoms with Crippen molar-refractivity contribution in [3.05, 3.63) is 18.2 Å². The van der Waals surface area contributed by atoms with Crippen LogP contribution in [0.1, 0.15) is 20.8 Å². The van der Waals surface area contributed by atoms with E-state index in [-0.39, 0.29) is 6.09 Å². The van der Waals surface area contributed by atoms with Crippen LogP contribution in [0, 0.1) is 5.92 Å². The van der Waals surface area contributed by atoms with Gasteiger partial charge in [-0.1, -0.05) is 0 Å². The van der Waals surface area contributed by atoms with Crippen LogP contribution in [0.3, 0.4) is 0 Å². The van der Waals surface area contributed by atoms with Gasteiger partial charge in [0.25, 0.3) is 0 Å². The lowest BCUT2D eigenvalue weighted by atomic mass is 10.0. The topological polar surface area (TPSA) is 74.0 Å². The fraction of sp³-hybridized carbons (Fsp3) is 0.562. The van der Waals surface area contributed by atoms with Crippen molar-refractivity contribution in [3.8, 4) is 11.5 Å². The van der Waals surface area contributed by atoms with Gasteiger partial charge in [0.05, 0.1) is 19.4 Å². The number of hydrogen-bond acceptors (Lipinski definition) is 5. The Kier molecular flexibility index (Phi) is 4.68. The van der Waals surface area contributed by atoms with Gasteiger partial charge in [-0.15, -0.1) is 0 Å². The highest BCUT2D eigenvalue weighted by atomic mass is 16.6. The average molecular weight is 308 g/mol. The summed E-state index contributed by atoms with van der Waals surface area (Å²) in [5.74, 6) is 1.65. The van der Waals surface area contributed by atoms with E-state index in [2.05, 4.69) is 0 Å². The molecule has 1 amide bonds. The molecule has 1 saturated heterocycles. The number of nitrogen functional groups attached to an aromatic ring is 1. The standard InChI is InChI=1S/C16H24N2O4/c1-16(2,3)22-15(19)18-8-11(9-18)10-21-12-5-6-14(20-4)13(17)7-12/h5-7,11H,8-10,17H2,1-4H3. The first kappa shape index (κ1) is 16.3. The summed E-state index contributed by atoms with van der Waals surface area (Å²) in [5.41, 5.74) is 5.92. The molecule has 1 heterocycles. The zero-order valence-electron chi connectivity index (χ0n) is 13.6. The summed E-state index contributed by atoms with van der Waals surface area (Å²) in [7, 11) is 1.58. The predicted octanol–water partition coefficient (Wildman–Crippen LogP) is 2.52. The third-order valence-electron chi connectivity index (χ3n) is 3.30. The second-order valence-corrected chi connectivity index (χ2v) is 6.47. The van der Waals surface area contributed by atoms with E-state index in [1.165, 1.54) is 0 Å². The molecule has 0 atom stereocenters. The summed E-state index contributed by atoms with van der Waals surface area (Å²) in [4.78, 5) is 13.5. The number of carbonyl (C=O) groups is 1. The van der Waals surface area contributed by atoms with Crippen LogP contribution in [0.5, 0.6) is 11.5 Å². The molecule has 0 aliphatic carbocycles. The van der Waals surface area contributed by atoms with Gasteiger partial charge in [0.15, 0.2) is 0 Å². The van der Waals surface area contributed by atoms with Crippen molar-refractivity contribution in [2.24, 2.45) is 5.92 Å². The molecule has 0 bridgehead atoms. The van der Waals surface area contributed by atoms with E-state index in [1.807, 2.05) is 26.8 Å². The number of amides is 1. The first-order valence-electron chi connectivity index (χ1n) is 7.33. The zero-order chi connectivity index (χ0) is 16.3. The molecule has 1 fully saturated rings. The molecule has 0 unspecified atom stereocenters. The molecule has 1 aliphatic rings. The van der Waals surface area contributed by atoms with E-state index in [0.717, 1.165) is 0 Å². The van der Waals surface area contributed by atoms with Crippen molar-refractivity contribution in [2.75, 3.05) is 32.5 Å². The number of ether oxygens (including phenoxy) is 3. The van der Waals surface area contributed by atoms with E-state index < -0.39 is 5.60 Å². The summed E-state index contributed by atoms with van der Waals surface area (Å²) in [6.07, 6.45) is -0.266. The van der Waals surface area contributed by atoms with Gasteiger partial charge in [-0.05, 0) is 32.9 Å². The fourth-order valence-electron chi connectivity index (χ4n) is 2.17. The molecule has 2 rings (SSSR count). The average Bonchev–Trinajstić information content (AvgIpc) is 2.34. The Morgan fingerprint density at radius 2 is 2.05 bits per heavy atom. The lowest BCUT2D eigenvalue weighted by Gasteiger charge is -2.39. The van der Waals surface area contributed by atoms with Crippen LogP contribution in [0.4, 0.5) is 10.5 Å². The van der Waals surface area contributed by atoms with Gasteiger partial charge in [0, 0.05) is 25.1 Å². The summed E-state index contributed by atoms with van der Waals surface area (Å²) in [6, 6.07) is 5.33. The Balaban J connectivity index is 1.74. The highest BCUT2D eigenvalue weighted by molar-refractivity contribution is 5.69. The zero-order valence-corrected chi connectivity index (χ0v) is 13.6. The minimum atomic E-state index is -0.459. The van der Waals surface area contributed by atoms with Gasteiger partial charge in [0.1, 0.15) is 17.1 Å². The first-order valence-corrected chi connectivity index (χ1v) is 7.33. The maximum absolute atomic E-state index is 11.8. The largest absolute Gasteiger partial charge is 0.495 e. The first-order chi connectivity index (χ1) is 10.3. The Bertz CT molecular complexity index is 533. The number of nitrogens with two attached hydrogens (primary N) is 1. The van der Waals surface area contributed by atoms with Crippen LogP contribution >= 0.6 is 0 Å². The third-order valence-corrected chi connectivity index (χ3v) is 3.30.